The highest BCUT2D eigenvalue weighted by Crippen LogP contribution is 2.49. The quantitative estimate of drug-likeness (QED) is 0.354. The Morgan fingerprint density at radius 1 is 1.17 bits per heavy atom. The number of fused-ring (bicyclic) bond motifs is 4. The lowest BCUT2D eigenvalue weighted by molar-refractivity contribution is -0.113. The van der Waals surface area contributed by atoms with Crippen LogP contribution in [0, 0.1) is 0 Å². The SMILES string of the molecule is CCCn1c(SCC(=O)Nc2cccc(OC)c2)nc2c(c1=O)C1(CCCC1)Cc1ccccc1-2. The number of amides is 1. The van der Waals surface area contributed by atoms with Gasteiger partial charge in [0.1, 0.15) is 5.75 Å². The summed E-state index contributed by atoms with van der Waals surface area (Å²) >= 11 is 1.33. The first kappa shape index (κ1) is 23.7. The van der Waals surface area contributed by atoms with Crippen molar-refractivity contribution >= 4 is 23.4 Å². The molecule has 0 unspecified atom stereocenters. The average Bonchev–Trinajstić information content (AvgIpc) is 3.33. The predicted molar refractivity (Wildman–Crippen MR) is 140 cm³/mol. The maximum atomic E-state index is 14.0. The van der Waals surface area contributed by atoms with Gasteiger partial charge in [0.2, 0.25) is 5.91 Å². The molecule has 0 aliphatic heterocycles. The summed E-state index contributed by atoms with van der Waals surface area (Å²) < 4.78 is 7.04. The normalized spacial score (nSPS) is 15.5. The molecule has 2 aromatic carbocycles. The molecule has 35 heavy (non-hydrogen) atoms. The van der Waals surface area contributed by atoms with Crippen LogP contribution in [0.1, 0.15) is 50.2 Å². The lowest BCUT2D eigenvalue weighted by atomic mass is 9.68. The van der Waals surface area contributed by atoms with Crippen molar-refractivity contribution in [2.45, 2.75) is 62.6 Å². The summed E-state index contributed by atoms with van der Waals surface area (Å²) in [6.45, 7) is 2.66. The Morgan fingerprint density at radius 2 is 1.97 bits per heavy atom. The molecule has 1 fully saturated rings. The number of nitrogens with zero attached hydrogens (tertiary/aromatic N) is 2. The molecule has 0 atom stereocenters. The molecule has 1 spiro atoms. The Balaban J connectivity index is 1.49. The minimum atomic E-state index is -0.147. The fourth-order valence-corrected chi connectivity index (χ4v) is 6.42. The minimum Gasteiger partial charge on any atom is -0.497 e. The van der Waals surface area contributed by atoms with Crippen LogP contribution in [0.25, 0.3) is 11.3 Å². The second kappa shape index (κ2) is 9.90. The highest BCUT2D eigenvalue weighted by molar-refractivity contribution is 7.99. The molecule has 182 valence electrons. The van der Waals surface area contributed by atoms with Gasteiger partial charge < -0.3 is 10.1 Å². The molecular weight excluding hydrogens is 458 g/mol. The van der Waals surface area contributed by atoms with Crippen molar-refractivity contribution < 1.29 is 9.53 Å². The van der Waals surface area contributed by atoms with Crippen LogP contribution in [-0.2, 0) is 23.2 Å². The van der Waals surface area contributed by atoms with Crippen molar-refractivity contribution in [1.82, 2.24) is 9.55 Å². The number of thioether (sulfide) groups is 1. The highest BCUT2D eigenvalue weighted by Gasteiger charge is 2.44. The number of anilines is 1. The van der Waals surface area contributed by atoms with E-state index in [0.717, 1.165) is 55.3 Å². The van der Waals surface area contributed by atoms with Gasteiger partial charge in [0.05, 0.1) is 24.1 Å². The third-order valence-corrected chi connectivity index (χ3v) is 8.14. The number of carbonyl (C=O) groups is 1. The van der Waals surface area contributed by atoms with E-state index >= 15 is 0 Å². The van der Waals surface area contributed by atoms with Crippen molar-refractivity contribution in [3.63, 3.8) is 0 Å². The van der Waals surface area contributed by atoms with Gasteiger partial charge in [-0.1, -0.05) is 61.9 Å². The number of benzene rings is 2. The van der Waals surface area contributed by atoms with E-state index in [4.69, 9.17) is 9.72 Å². The molecule has 1 heterocycles. The third-order valence-electron chi connectivity index (χ3n) is 7.16. The van der Waals surface area contributed by atoms with E-state index in [0.29, 0.717) is 23.1 Å². The van der Waals surface area contributed by atoms with Crippen LogP contribution in [0.5, 0.6) is 5.75 Å². The van der Waals surface area contributed by atoms with Crippen LogP contribution >= 0.6 is 11.8 Å². The molecule has 1 saturated carbocycles. The molecule has 2 aliphatic carbocycles. The Bertz CT molecular complexity index is 1310. The van der Waals surface area contributed by atoms with E-state index in [1.165, 1.54) is 17.3 Å². The van der Waals surface area contributed by atoms with E-state index in [1.54, 1.807) is 17.7 Å². The lowest BCUT2D eigenvalue weighted by Crippen LogP contribution is -2.40. The lowest BCUT2D eigenvalue weighted by Gasteiger charge is -2.36. The molecule has 1 N–H and O–H groups in total. The first-order valence-corrected chi connectivity index (χ1v) is 13.3. The van der Waals surface area contributed by atoms with Crippen molar-refractivity contribution in [3.8, 4) is 17.0 Å². The molecule has 1 aromatic heterocycles. The van der Waals surface area contributed by atoms with Gasteiger partial charge in [-0.05, 0) is 43.4 Å². The van der Waals surface area contributed by atoms with Gasteiger partial charge >= 0.3 is 0 Å². The molecule has 6 nitrogen and oxygen atoms in total. The Hall–Kier alpha value is -3.06. The number of ether oxygens (including phenoxy) is 1. The smallest absolute Gasteiger partial charge is 0.258 e. The van der Waals surface area contributed by atoms with Crippen molar-refractivity contribution in [1.29, 1.82) is 0 Å². The molecular formula is C28H31N3O3S. The summed E-state index contributed by atoms with van der Waals surface area (Å²) in [5.41, 5.74) is 4.68. The van der Waals surface area contributed by atoms with Crippen molar-refractivity contribution in [2.24, 2.45) is 0 Å². The van der Waals surface area contributed by atoms with Gasteiger partial charge in [-0.15, -0.1) is 0 Å². The summed E-state index contributed by atoms with van der Waals surface area (Å²) in [5.74, 6) is 0.702. The zero-order valence-electron chi connectivity index (χ0n) is 20.3. The van der Waals surface area contributed by atoms with Crippen molar-refractivity contribution in [3.05, 3.63) is 70.0 Å². The van der Waals surface area contributed by atoms with Crippen LogP contribution < -0.4 is 15.6 Å². The molecule has 2 aliphatic rings. The van der Waals surface area contributed by atoms with Gasteiger partial charge in [0, 0.05) is 29.3 Å². The number of nitrogens with one attached hydrogen (secondary N) is 1. The summed E-state index contributed by atoms with van der Waals surface area (Å²) in [7, 11) is 1.60. The number of rotatable bonds is 7. The van der Waals surface area contributed by atoms with E-state index in [2.05, 4.69) is 30.4 Å². The second-order valence-corrected chi connectivity index (χ2v) is 10.4. The van der Waals surface area contributed by atoms with Gasteiger partial charge in [-0.25, -0.2) is 4.98 Å². The number of aromatic nitrogens is 2. The van der Waals surface area contributed by atoms with Gasteiger partial charge in [-0.2, -0.15) is 0 Å². The zero-order chi connectivity index (χ0) is 24.4. The average molecular weight is 490 g/mol. The first-order chi connectivity index (χ1) is 17.0. The topological polar surface area (TPSA) is 73.2 Å². The third kappa shape index (κ3) is 4.49. The molecule has 3 aromatic rings. The summed E-state index contributed by atoms with van der Waals surface area (Å²) in [6.07, 6.45) is 6.10. The highest BCUT2D eigenvalue weighted by atomic mass is 32.2. The Labute approximate surface area is 210 Å². The molecule has 5 rings (SSSR count). The number of methoxy groups -OCH3 is 1. The Kier molecular flexibility index (Phi) is 6.69. The molecule has 0 bridgehead atoms. The fraction of sp³-hybridized carbons (Fsp3) is 0.393. The standard InChI is InChI=1S/C28H31N3O3S/c1-3-15-31-26(33)24-25(22-12-5-4-9-19(22)17-28(24)13-6-7-14-28)30-27(31)35-18-23(32)29-20-10-8-11-21(16-20)34-2/h4-5,8-12,16H,3,6-7,13-15,17-18H2,1-2H3,(H,29,32). The molecule has 1 amide bonds. The van der Waals surface area contributed by atoms with E-state index in [1.807, 2.05) is 24.3 Å². The van der Waals surface area contributed by atoms with Gasteiger partial charge in [-0.3, -0.25) is 14.2 Å². The maximum Gasteiger partial charge on any atom is 0.258 e. The maximum absolute atomic E-state index is 14.0. The summed E-state index contributed by atoms with van der Waals surface area (Å²) in [4.78, 5) is 31.8. The number of carbonyl (C=O) groups excluding carboxylic acids is 1. The minimum absolute atomic E-state index is 0.0731. The number of hydrogen-bond acceptors (Lipinski definition) is 5. The largest absolute Gasteiger partial charge is 0.497 e. The zero-order valence-corrected chi connectivity index (χ0v) is 21.1. The Morgan fingerprint density at radius 3 is 2.74 bits per heavy atom. The monoisotopic (exact) mass is 489 g/mol. The van der Waals surface area contributed by atoms with Gasteiger partial charge in [0.25, 0.3) is 5.56 Å². The molecule has 7 heteroatoms. The van der Waals surface area contributed by atoms with E-state index in [-0.39, 0.29) is 22.6 Å². The predicted octanol–water partition coefficient (Wildman–Crippen LogP) is 5.43. The van der Waals surface area contributed by atoms with E-state index < -0.39 is 0 Å². The molecule has 0 radical (unpaired) electrons. The fourth-order valence-electron chi connectivity index (χ4n) is 5.60. The summed E-state index contributed by atoms with van der Waals surface area (Å²) in [6, 6.07) is 15.6. The molecule has 0 saturated heterocycles. The van der Waals surface area contributed by atoms with E-state index in [9.17, 15) is 9.59 Å². The van der Waals surface area contributed by atoms with Crippen LogP contribution in [0.4, 0.5) is 5.69 Å². The van der Waals surface area contributed by atoms with Gasteiger partial charge in [0.15, 0.2) is 5.16 Å². The van der Waals surface area contributed by atoms with Crippen LogP contribution in [-0.4, -0.2) is 28.3 Å². The number of hydrogen-bond donors (Lipinski definition) is 1. The first-order valence-electron chi connectivity index (χ1n) is 12.3. The van der Waals surface area contributed by atoms with Crippen LogP contribution in [0.2, 0.25) is 0 Å². The summed E-state index contributed by atoms with van der Waals surface area (Å²) in [5, 5.41) is 3.53. The second-order valence-electron chi connectivity index (χ2n) is 9.46. The van der Waals surface area contributed by atoms with Crippen molar-refractivity contribution in [2.75, 3.05) is 18.2 Å². The van der Waals surface area contributed by atoms with Crippen LogP contribution in [0.15, 0.2) is 58.5 Å². The van der Waals surface area contributed by atoms with Crippen LogP contribution in [0.3, 0.4) is 0 Å².